The number of carbonyl (C=O) groups is 1. The van der Waals surface area contributed by atoms with Gasteiger partial charge in [-0.15, -0.1) is 10.2 Å². The summed E-state index contributed by atoms with van der Waals surface area (Å²) >= 11 is 1.51. The first kappa shape index (κ1) is 15.4. The molecule has 8 nitrogen and oxygen atoms in total. The van der Waals surface area contributed by atoms with Gasteiger partial charge in [0.05, 0.1) is 18.3 Å². The van der Waals surface area contributed by atoms with E-state index in [0.717, 1.165) is 31.1 Å². The van der Waals surface area contributed by atoms with Crippen molar-refractivity contribution < 1.29 is 9.53 Å². The van der Waals surface area contributed by atoms with E-state index in [1.165, 1.54) is 23.7 Å². The Balaban J connectivity index is 1.53. The summed E-state index contributed by atoms with van der Waals surface area (Å²) in [5, 5.41) is 12.1. The van der Waals surface area contributed by atoms with E-state index in [1.807, 2.05) is 0 Å². The van der Waals surface area contributed by atoms with Crippen LogP contribution in [0.4, 0.5) is 5.13 Å². The maximum absolute atomic E-state index is 12.5. The minimum atomic E-state index is -0.222. The van der Waals surface area contributed by atoms with Crippen LogP contribution in [0.1, 0.15) is 23.3 Å². The van der Waals surface area contributed by atoms with Gasteiger partial charge < -0.3 is 15.0 Å². The van der Waals surface area contributed by atoms with Crippen molar-refractivity contribution in [3.8, 4) is 0 Å². The van der Waals surface area contributed by atoms with E-state index in [0.29, 0.717) is 18.2 Å². The van der Waals surface area contributed by atoms with Gasteiger partial charge in [-0.25, -0.2) is 4.98 Å². The van der Waals surface area contributed by atoms with Gasteiger partial charge in [0.15, 0.2) is 0 Å². The van der Waals surface area contributed by atoms with Gasteiger partial charge in [-0.05, 0) is 12.8 Å². The Hall–Kier alpha value is -2.13. The highest BCUT2D eigenvalue weighted by molar-refractivity contribution is 7.13. The minimum Gasteiger partial charge on any atom is -0.376 e. The van der Waals surface area contributed by atoms with E-state index in [2.05, 4.69) is 30.4 Å². The van der Waals surface area contributed by atoms with Gasteiger partial charge in [0.1, 0.15) is 11.2 Å². The second-order valence-electron chi connectivity index (χ2n) is 6.03. The van der Waals surface area contributed by atoms with Crippen molar-refractivity contribution in [3.63, 3.8) is 0 Å². The van der Waals surface area contributed by atoms with Crippen LogP contribution < -0.4 is 10.2 Å². The third kappa shape index (κ3) is 3.09. The first-order valence-electron chi connectivity index (χ1n) is 8.01. The molecule has 2 aliphatic heterocycles. The highest BCUT2D eigenvalue weighted by Gasteiger charge is 2.41. The number of rotatable bonds is 3. The molecule has 1 N–H and O–H groups in total. The van der Waals surface area contributed by atoms with Crippen LogP contribution in [-0.2, 0) is 4.74 Å². The molecular formula is C15H18N6O2S. The number of carbonyl (C=O) groups excluding carboxylic acids is 1. The lowest BCUT2D eigenvalue weighted by atomic mass is 9.85. The molecule has 2 aromatic rings. The first-order valence-corrected chi connectivity index (χ1v) is 8.89. The number of piperidine rings is 1. The second kappa shape index (κ2) is 6.78. The van der Waals surface area contributed by atoms with Gasteiger partial charge in [-0.3, -0.25) is 9.78 Å². The van der Waals surface area contributed by atoms with Crippen molar-refractivity contribution in [1.82, 2.24) is 25.5 Å². The molecule has 2 aliphatic rings. The van der Waals surface area contributed by atoms with E-state index in [1.54, 1.807) is 11.7 Å². The SMILES string of the molecule is O=C(N[C@@H]1CN(c2nncs2)C[C@@H]2CCCO[C@@H]21)c1cnccn1. The van der Waals surface area contributed by atoms with Crippen LogP contribution in [0.25, 0.3) is 0 Å². The second-order valence-corrected chi connectivity index (χ2v) is 6.85. The van der Waals surface area contributed by atoms with Crippen molar-refractivity contribution in [1.29, 1.82) is 0 Å². The van der Waals surface area contributed by atoms with Crippen LogP contribution in [0.5, 0.6) is 0 Å². The van der Waals surface area contributed by atoms with Gasteiger partial charge in [0, 0.05) is 38.0 Å². The number of nitrogens with zero attached hydrogens (tertiary/aromatic N) is 5. The fraction of sp³-hybridized carbons (Fsp3) is 0.533. The number of fused-ring (bicyclic) bond motifs is 1. The molecule has 2 saturated heterocycles. The zero-order valence-electron chi connectivity index (χ0n) is 13.0. The maximum atomic E-state index is 12.5. The molecule has 126 valence electrons. The Bertz CT molecular complexity index is 683. The Labute approximate surface area is 143 Å². The predicted molar refractivity (Wildman–Crippen MR) is 87.9 cm³/mol. The number of anilines is 1. The third-order valence-electron chi connectivity index (χ3n) is 4.49. The molecule has 0 aliphatic carbocycles. The van der Waals surface area contributed by atoms with Crippen LogP contribution >= 0.6 is 11.3 Å². The molecule has 1 amide bonds. The Morgan fingerprint density at radius 1 is 1.38 bits per heavy atom. The zero-order valence-corrected chi connectivity index (χ0v) is 13.9. The average molecular weight is 346 g/mol. The summed E-state index contributed by atoms with van der Waals surface area (Å²) in [6.45, 7) is 2.29. The number of hydrogen-bond acceptors (Lipinski definition) is 8. The smallest absolute Gasteiger partial charge is 0.271 e. The highest BCUT2D eigenvalue weighted by Crippen LogP contribution is 2.31. The molecule has 4 rings (SSSR count). The number of amides is 1. The molecule has 9 heteroatoms. The molecule has 0 radical (unpaired) electrons. The predicted octanol–water partition coefficient (Wildman–Crippen LogP) is 0.742. The van der Waals surface area contributed by atoms with Crippen LogP contribution in [0.2, 0.25) is 0 Å². The summed E-state index contributed by atoms with van der Waals surface area (Å²) in [5.74, 6) is 0.156. The largest absolute Gasteiger partial charge is 0.376 e. The van der Waals surface area contributed by atoms with Crippen molar-refractivity contribution in [2.45, 2.75) is 25.0 Å². The molecular weight excluding hydrogens is 328 g/mol. The molecule has 4 heterocycles. The Kier molecular flexibility index (Phi) is 4.35. The normalized spacial score (nSPS) is 26.7. The monoisotopic (exact) mass is 346 g/mol. The fourth-order valence-electron chi connectivity index (χ4n) is 3.45. The Morgan fingerprint density at radius 3 is 3.12 bits per heavy atom. The van der Waals surface area contributed by atoms with Crippen LogP contribution in [0, 0.1) is 5.92 Å². The van der Waals surface area contributed by atoms with Gasteiger partial charge >= 0.3 is 0 Å². The molecule has 0 bridgehead atoms. The Morgan fingerprint density at radius 2 is 2.33 bits per heavy atom. The minimum absolute atomic E-state index is 0.0311. The number of nitrogens with one attached hydrogen (secondary N) is 1. The van der Waals surface area contributed by atoms with Gasteiger partial charge in [-0.2, -0.15) is 0 Å². The van der Waals surface area contributed by atoms with E-state index in [-0.39, 0.29) is 18.1 Å². The molecule has 2 aromatic heterocycles. The van der Waals surface area contributed by atoms with Gasteiger partial charge in [0.2, 0.25) is 5.13 Å². The molecule has 0 spiro atoms. The molecule has 0 saturated carbocycles. The zero-order chi connectivity index (χ0) is 16.4. The van der Waals surface area contributed by atoms with Gasteiger partial charge in [-0.1, -0.05) is 11.3 Å². The summed E-state index contributed by atoms with van der Waals surface area (Å²) < 4.78 is 5.99. The van der Waals surface area contributed by atoms with Crippen LogP contribution in [0.15, 0.2) is 24.1 Å². The molecule has 0 aromatic carbocycles. The van der Waals surface area contributed by atoms with E-state index in [9.17, 15) is 4.79 Å². The third-order valence-corrected chi connectivity index (χ3v) is 5.24. The molecule has 2 fully saturated rings. The number of hydrogen-bond donors (Lipinski definition) is 1. The summed E-state index contributed by atoms with van der Waals surface area (Å²) in [6, 6.07) is -0.109. The standard InChI is InChI=1S/C15H18N6O2S/c22-14(11-6-16-3-4-17-11)19-12-8-21(15-20-18-9-24-15)7-10-2-1-5-23-13(10)12/h3-4,6,9-10,12-13H,1-2,5,7-8H2,(H,19,22)/t10-,12+,13-/m0/s1. The summed E-state index contributed by atoms with van der Waals surface area (Å²) in [7, 11) is 0. The average Bonchev–Trinajstić information content (AvgIpc) is 3.17. The highest BCUT2D eigenvalue weighted by atomic mass is 32.1. The van der Waals surface area contributed by atoms with Crippen LogP contribution in [0.3, 0.4) is 0 Å². The lowest BCUT2D eigenvalue weighted by Gasteiger charge is -2.45. The number of ether oxygens (including phenoxy) is 1. The summed E-state index contributed by atoms with van der Waals surface area (Å²) in [4.78, 5) is 22.7. The summed E-state index contributed by atoms with van der Waals surface area (Å²) in [6.07, 6.45) is 6.72. The molecule has 24 heavy (non-hydrogen) atoms. The topological polar surface area (TPSA) is 93.1 Å². The van der Waals surface area contributed by atoms with E-state index >= 15 is 0 Å². The molecule has 3 atom stereocenters. The number of aromatic nitrogens is 4. The quantitative estimate of drug-likeness (QED) is 0.876. The fourth-order valence-corrected chi connectivity index (χ4v) is 4.03. The van der Waals surface area contributed by atoms with Crippen molar-refractivity contribution in [2.75, 3.05) is 24.6 Å². The van der Waals surface area contributed by atoms with Crippen molar-refractivity contribution in [3.05, 3.63) is 29.8 Å². The molecule has 0 unspecified atom stereocenters. The van der Waals surface area contributed by atoms with Crippen LogP contribution in [-0.4, -0.2) is 57.9 Å². The first-order chi connectivity index (χ1) is 11.8. The maximum Gasteiger partial charge on any atom is 0.271 e. The van der Waals surface area contributed by atoms with Crippen molar-refractivity contribution >= 4 is 22.4 Å². The lowest BCUT2D eigenvalue weighted by Crippen LogP contribution is -2.61. The summed E-state index contributed by atoms with van der Waals surface area (Å²) in [5.41, 5.74) is 2.05. The van der Waals surface area contributed by atoms with E-state index in [4.69, 9.17) is 4.74 Å². The van der Waals surface area contributed by atoms with Crippen molar-refractivity contribution in [2.24, 2.45) is 5.92 Å². The lowest BCUT2D eigenvalue weighted by molar-refractivity contribution is -0.0521. The van der Waals surface area contributed by atoms with E-state index < -0.39 is 0 Å². The van der Waals surface area contributed by atoms with Gasteiger partial charge in [0.25, 0.3) is 5.91 Å².